The van der Waals surface area contributed by atoms with Crippen LogP contribution < -0.4 is 5.73 Å². The quantitative estimate of drug-likeness (QED) is 0.844. The minimum absolute atomic E-state index is 0.297. The van der Waals surface area contributed by atoms with Gasteiger partial charge in [-0.25, -0.2) is 0 Å². The molecule has 0 saturated carbocycles. The summed E-state index contributed by atoms with van der Waals surface area (Å²) < 4.78 is 0. The fourth-order valence-corrected chi connectivity index (χ4v) is 3.34. The molecule has 120 valence electrons. The number of hydrogen-bond donors (Lipinski definition) is 1. The molecule has 2 heterocycles. The van der Waals surface area contributed by atoms with Crippen molar-refractivity contribution in [3.8, 4) is 0 Å². The molecule has 2 saturated heterocycles. The number of nitrogens with two attached hydrogens (primary N) is 1. The van der Waals surface area contributed by atoms with E-state index < -0.39 is 0 Å². The highest BCUT2D eigenvalue weighted by molar-refractivity contribution is 5.78. The van der Waals surface area contributed by atoms with Crippen LogP contribution in [0, 0.1) is 0 Å². The van der Waals surface area contributed by atoms with E-state index in [1.165, 1.54) is 18.4 Å². The molecule has 2 aliphatic rings. The van der Waals surface area contributed by atoms with E-state index >= 15 is 0 Å². The molecule has 22 heavy (non-hydrogen) atoms. The third-order valence-electron chi connectivity index (χ3n) is 4.64. The van der Waals surface area contributed by atoms with E-state index in [1.54, 1.807) is 0 Å². The lowest BCUT2D eigenvalue weighted by Gasteiger charge is -2.35. The molecule has 0 aromatic heterocycles. The lowest BCUT2D eigenvalue weighted by atomic mass is 10.2. The first kappa shape index (κ1) is 15.3. The Morgan fingerprint density at radius 2 is 1.73 bits per heavy atom. The molecule has 5 nitrogen and oxygen atoms in total. The average Bonchev–Trinajstić information content (AvgIpc) is 3.01. The molecule has 0 aliphatic carbocycles. The van der Waals surface area contributed by atoms with Crippen molar-refractivity contribution >= 4 is 11.6 Å². The van der Waals surface area contributed by atoms with Gasteiger partial charge in [0.05, 0.1) is 6.54 Å². The van der Waals surface area contributed by atoms with Crippen molar-refractivity contribution in [2.45, 2.75) is 19.4 Å². The second kappa shape index (κ2) is 7.11. The van der Waals surface area contributed by atoms with Gasteiger partial charge in [-0.3, -0.25) is 14.6 Å². The Kier molecular flexibility index (Phi) is 4.95. The number of piperazine rings is 1. The summed E-state index contributed by atoms with van der Waals surface area (Å²) in [6, 6.07) is 8.06. The van der Waals surface area contributed by atoms with Gasteiger partial charge in [-0.05, 0) is 43.6 Å². The smallest absolute Gasteiger partial charge is 0.236 e. The molecule has 1 aromatic rings. The van der Waals surface area contributed by atoms with Gasteiger partial charge >= 0.3 is 0 Å². The van der Waals surface area contributed by atoms with E-state index in [2.05, 4.69) is 15.9 Å². The van der Waals surface area contributed by atoms with Crippen molar-refractivity contribution in [1.29, 1.82) is 0 Å². The fourth-order valence-electron chi connectivity index (χ4n) is 3.34. The molecule has 2 fully saturated rings. The second-order valence-electron chi connectivity index (χ2n) is 6.39. The van der Waals surface area contributed by atoms with Crippen LogP contribution in [0.5, 0.6) is 0 Å². The number of rotatable bonds is 4. The molecule has 0 spiro atoms. The Morgan fingerprint density at radius 1 is 1.00 bits per heavy atom. The van der Waals surface area contributed by atoms with Gasteiger partial charge in [0.15, 0.2) is 0 Å². The number of carbonyl (C=O) groups is 1. The van der Waals surface area contributed by atoms with Crippen LogP contribution in [0.1, 0.15) is 18.4 Å². The fraction of sp³-hybridized carbons (Fsp3) is 0.588. The lowest BCUT2D eigenvalue weighted by molar-refractivity contribution is -0.134. The molecular formula is C17H26N4O. The molecule has 1 aromatic carbocycles. The highest BCUT2D eigenvalue weighted by Gasteiger charge is 2.23. The van der Waals surface area contributed by atoms with Crippen LogP contribution in [0.25, 0.3) is 0 Å². The molecular weight excluding hydrogens is 276 g/mol. The third kappa shape index (κ3) is 3.99. The first-order valence-corrected chi connectivity index (χ1v) is 8.27. The zero-order valence-corrected chi connectivity index (χ0v) is 13.2. The topological polar surface area (TPSA) is 52.8 Å². The standard InChI is InChI=1S/C17H26N4O/c18-16-5-3-4-15(12-16)13-20-8-10-21(11-9-20)17(22)14-19-6-1-2-7-19/h3-5,12H,1-2,6-11,13-14,18H2. The zero-order chi connectivity index (χ0) is 15.4. The maximum absolute atomic E-state index is 12.3. The minimum Gasteiger partial charge on any atom is -0.399 e. The van der Waals surface area contributed by atoms with Crippen molar-refractivity contribution in [1.82, 2.24) is 14.7 Å². The van der Waals surface area contributed by atoms with Gasteiger partial charge < -0.3 is 10.6 Å². The summed E-state index contributed by atoms with van der Waals surface area (Å²) in [5.74, 6) is 0.297. The summed E-state index contributed by atoms with van der Waals surface area (Å²) in [7, 11) is 0. The largest absolute Gasteiger partial charge is 0.399 e. The Balaban J connectivity index is 1.44. The van der Waals surface area contributed by atoms with E-state index in [9.17, 15) is 4.79 Å². The lowest BCUT2D eigenvalue weighted by Crippen LogP contribution is -2.50. The number of carbonyl (C=O) groups excluding carboxylic acids is 1. The van der Waals surface area contributed by atoms with Gasteiger partial charge in [-0.1, -0.05) is 12.1 Å². The van der Waals surface area contributed by atoms with Crippen LogP contribution in [0.4, 0.5) is 5.69 Å². The Morgan fingerprint density at radius 3 is 2.41 bits per heavy atom. The van der Waals surface area contributed by atoms with Gasteiger partial charge in [-0.2, -0.15) is 0 Å². The monoisotopic (exact) mass is 302 g/mol. The second-order valence-corrected chi connectivity index (χ2v) is 6.39. The maximum atomic E-state index is 12.3. The normalized spacial score (nSPS) is 20.5. The SMILES string of the molecule is Nc1cccc(CN2CCN(C(=O)CN3CCCC3)CC2)c1. The van der Waals surface area contributed by atoms with Gasteiger partial charge in [0, 0.05) is 38.4 Å². The summed E-state index contributed by atoms with van der Waals surface area (Å²) in [6.07, 6.45) is 2.47. The van der Waals surface area contributed by atoms with E-state index in [-0.39, 0.29) is 0 Å². The van der Waals surface area contributed by atoms with Crippen molar-refractivity contribution in [3.63, 3.8) is 0 Å². The number of likely N-dealkylation sites (tertiary alicyclic amines) is 1. The summed E-state index contributed by atoms with van der Waals surface area (Å²) in [6.45, 7) is 7.27. The summed E-state index contributed by atoms with van der Waals surface area (Å²) in [5, 5.41) is 0. The van der Waals surface area contributed by atoms with Crippen LogP contribution in [0.15, 0.2) is 24.3 Å². The molecule has 0 unspecified atom stereocenters. The Bertz CT molecular complexity index is 505. The zero-order valence-electron chi connectivity index (χ0n) is 13.2. The Labute approximate surface area is 132 Å². The van der Waals surface area contributed by atoms with Crippen LogP contribution in [-0.4, -0.2) is 66.4 Å². The van der Waals surface area contributed by atoms with Gasteiger partial charge in [0.25, 0.3) is 0 Å². The Hall–Kier alpha value is -1.59. The number of nitrogen functional groups attached to an aromatic ring is 1. The van der Waals surface area contributed by atoms with Gasteiger partial charge in [0.1, 0.15) is 0 Å². The van der Waals surface area contributed by atoms with E-state index in [0.29, 0.717) is 12.5 Å². The number of benzene rings is 1. The number of nitrogens with zero attached hydrogens (tertiary/aromatic N) is 3. The summed E-state index contributed by atoms with van der Waals surface area (Å²) in [4.78, 5) is 19.0. The molecule has 3 rings (SSSR count). The van der Waals surface area contributed by atoms with Crippen molar-refractivity contribution in [2.75, 3.05) is 51.5 Å². The van der Waals surface area contributed by atoms with Crippen molar-refractivity contribution in [3.05, 3.63) is 29.8 Å². The summed E-state index contributed by atoms with van der Waals surface area (Å²) in [5.41, 5.74) is 7.89. The highest BCUT2D eigenvalue weighted by Crippen LogP contribution is 2.13. The number of anilines is 1. The van der Waals surface area contributed by atoms with Crippen LogP contribution >= 0.6 is 0 Å². The number of amides is 1. The predicted octanol–water partition coefficient (Wildman–Crippen LogP) is 1.01. The van der Waals surface area contributed by atoms with E-state index in [4.69, 9.17) is 5.73 Å². The first-order valence-electron chi connectivity index (χ1n) is 8.27. The molecule has 1 amide bonds. The molecule has 2 aliphatic heterocycles. The van der Waals surface area contributed by atoms with Gasteiger partial charge in [0.2, 0.25) is 5.91 Å². The summed E-state index contributed by atoms with van der Waals surface area (Å²) >= 11 is 0. The van der Waals surface area contributed by atoms with Crippen LogP contribution in [0.3, 0.4) is 0 Å². The molecule has 5 heteroatoms. The predicted molar refractivity (Wildman–Crippen MR) is 88.4 cm³/mol. The van der Waals surface area contributed by atoms with Crippen molar-refractivity contribution < 1.29 is 4.79 Å². The van der Waals surface area contributed by atoms with E-state index in [1.807, 2.05) is 23.1 Å². The van der Waals surface area contributed by atoms with Crippen LogP contribution in [0.2, 0.25) is 0 Å². The third-order valence-corrected chi connectivity index (χ3v) is 4.64. The molecule has 0 bridgehead atoms. The van der Waals surface area contributed by atoms with Crippen molar-refractivity contribution in [2.24, 2.45) is 0 Å². The van der Waals surface area contributed by atoms with Crippen LogP contribution in [-0.2, 0) is 11.3 Å². The average molecular weight is 302 g/mol. The molecule has 0 atom stereocenters. The van der Waals surface area contributed by atoms with Gasteiger partial charge in [-0.15, -0.1) is 0 Å². The molecule has 0 radical (unpaired) electrons. The first-order chi connectivity index (χ1) is 10.7. The molecule has 2 N–H and O–H groups in total. The maximum Gasteiger partial charge on any atom is 0.236 e. The minimum atomic E-state index is 0.297. The number of hydrogen-bond acceptors (Lipinski definition) is 4. The highest BCUT2D eigenvalue weighted by atomic mass is 16.2. The van der Waals surface area contributed by atoms with E-state index in [0.717, 1.165) is 51.5 Å².